The van der Waals surface area contributed by atoms with E-state index in [2.05, 4.69) is 33.7 Å². The van der Waals surface area contributed by atoms with Gasteiger partial charge in [0.1, 0.15) is 0 Å². The van der Waals surface area contributed by atoms with Gasteiger partial charge in [-0.3, -0.25) is 4.79 Å². The summed E-state index contributed by atoms with van der Waals surface area (Å²) in [5, 5.41) is 11.3. The lowest BCUT2D eigenvalue weighted by Crippen LogP contribution is -2.32. The third-order valence-electron chi connectivity index (χ3n) is 3.59. The quantitative estimate of drug-likeness (QED) is 0.835. The lowest BCUT2D eigenvalue weighted by Gasteiger charge is -2.26. The summed E-state index contributed by atoms with van der Waals surface area (Å²) < 4.78 is 1.78. The van der Waals surface area contributed by atoms with E-state index in [1.165, 1.54) is 34.2 Å². The highest BCUT2D eigenvalue weighted by Gasteiger charge is 2.21. The van der Waals surface area contributed by atoms with E-state index in [0.717, 1.165) is 27.9 Å². The first-order chi connectivity index (χ1) is 10.8. The number of benzene rings is 1. The number of carbonyl (C=O) groups is 1. The van der Waals surface area contributed by atoms with Crippen LogP contribution in [0.2, 0.25) is 0 Å². The molecule has 0 radical (unpaired) electrons. The van der Waals surface area contributed by atoms with Crippen molar-refractivity contribution in [2.24, 2.45) is 0 Å². The Morgan fingerprint density at radius 1 is 1.36 bits per heavy atom. The maximum atomic E-state index is 12.2. The minimum absolute atomic E-state index is 0.0626. The molecule has 0 unspecified atom stereocenters. The summed E-state index contributed by atoms with van der Waals surface area (Å²) in [6, 6.07) is 8.55. The van der Waals surface area contributed by atoms with Crippen molar-refractivity contribution in [1.29, 1.82) is 0 Å². The Labute approximate surface area is 142 Å². The van der Waals surface area contributed by atoms with Crippen LogP contribution in [-0.4, -0.2) is 28.1 Å². The summed E-state index contributed by atoms with van der Waals surface area (Å²) in [7, 11) is 0. The predicted octanol–water partition coefficient (Wildman–Crippen LogP) is 3.55. The predicted molar refractivity (Wildman–Crippen MR) is 92.7 cm³/mol. The smallest absolute Gasteiger partial charge is 0.230 e. The number of carbonyl (C=O) groups excluding carboxylic acids is 1. The van der Waals surface area contributed by atoms with Gasteiger partial charge in [0.2, 0.25) is 5.91 Å². The Morgan fingerprint density at radius 2 is 2.18 bits per heavy atom. The Bertz CT molecular complexity index is 659. The summed E-state index contributed by atoms with van der Waals surface area (Å²) in [6.45, 7) is 0. The number of nitrogens with zero attached hydrogens (tertiary/aromatic N) is 2. The lowest BCUT2D eigenvalue weighted by molar-refractivity contribution is -0.119. The van der Waals surface area contributed by atoms with Crippen LogP contribution >= 0.6 is 34.9 Å². The Kier molecular flexibility index (Phi) is 5.38. The summed E-state index contributed by atoms with van der Waals surface area (Å²) in [5.74, 6) is 0.453. The number of rotatable bonds is 5. The van der Waals surface area contributed by atoms with Crippen LogP contribution in [0.1, 0.15) is 30.0 Å². The summed E-state index contributed by atoms with van der Waals surface area (Å²) >= 11 is 4.56. The highest BCUT2D eigenvalue weighted by atomic mass is 32.2. The van der Waals surface area contributed by atoms with E-state index >= 15 is 0 Å². The molecule has 116 valence electrons. The van der Waals surface area contributed by atoms with E-state index in [4.69, 9.17) is 0 Å². The normalized spacial score (nSPS) is 17.0. The number of hydrogen-bond acceptors (Lipinski definition) is 6. The van der Waals surface area contributed by atoms with Crippen molar-refractivity contribution in [2.45, 2.75) is 34.0 Å². The molecule has 2 aromatic rings. The van der Waals surface area contributed by atoms with Crippen molar-refractivity contribution >= 4 is 40.8 Å². The third kappa shape index (κ3) is 3.83. The average molecular weight is 352 g/mol. The van der Waals surface area contributed by atoms with Crippen LogP contribution in [0.3, 0.4) is 0 Å². The number of aryl methyl sites for hydroxylation is 1. The second-order valence-corrected chi connectivity index (χ2v) is 8.29. The van der Waals surface area contributed by atoms with Crippen LogP contribution in [0.5, 0.6) is 0 Å². The summed E-state index contributed by atoms with van der Waals surface area (Å²) in [4.78, 5) is 12.2. The number of thioether (sulfide) groups is 2. The first kappa shape index (κ1) is 15.8. The highest BCUT2D eigenvalue weighted by molar-refractivity contribution is 8.03. The SMILES string of the molecule is CSc1nnc(SCC(=O)N[C@@H]2CCCc3ccccc32)s1. The van der Waals surface area contributed by atoms with Crippen molar-refractivity contribution < 1.29 is 4.79 Å². The average Bonchev–Trinajstić information content (AvgIpc) is 3.01. The zero-order valence-corrected chi connectivity index (χ0v) is 14.7. The molecule has 1 N–H and O–H groups in total. The molecule has 1 heterocycles. The number of hydrogen-bond donors (Lipinski definition) is 1. The second-order valence-electron chi connectivity index (χ2n) is 5.04. The van der Waals surface area contributed by atoms with Crippen molar-refractivity contribution in [1.82, 2.24) is 15.5 Å². The molecule has 1 aromatic carbocycles. The van der Waals surface area contributed by atoms with Gasteiger partial charge in [-0.2, -0.15) is 0 Å². The van der Waals surface area contributed by atoms with E-state index < -0.39 is 0 Å². The lowest BCUT2D eigenvalue weighted by atomic mass is 9.88. The molecular formula is C15H17N3OS3. The molecule has 1 amide bonds. The van der Waals surface area contributed by atoms with Crippen LogP contribution in [-0.2, 0) is 11.2 Å². The molecule has 1 aliphatic rings. The fraction of sp³-hybridized carbons (Fsp3) is 0.400. The molecular weight excluding hydrogens is 334 g/mol. The fourth-order valence-corrected chi connectivity index (χ4v) is 4.85. The maximum Gasteiger partial charge on any atom is 0.230 e. The number of amides is 1. The molecule has 7 heteroatoms. The standard InChI is InChI=1S/C15H17N3OS3/c1-20-14-17-18-15(22-14)21-9-13(19)16-12-8-4-6-10-5-2-3-7-11(10)12/h2-3,5,7,12H,4,6,8-9H2,1H3,(H,16,19)/t12-/m1/s1. The van der Waals surface area contributed by atoms with Crippen molar-refractivity contribution in [2.75, 3.05) is 12.0 Å². The van der Waals surface area contributed by atoms with Crippen molar-refractivity contribution in [3.05, 3.63) is 35.4 Å². The summed E-state index contributed by atoms with van der Waals surface area (Å²) in [6.07, 6.45) is 5.23. The molecule has 3 rings (SSSR count). The molecule has 22 heavy (non-hydrogen) atoms. The maximum absolute atomic E-state index is 12.2. The number of aromatic nitrogens is 2. The largest absolute Gasteiger partial charge is 0.349 e. The van der Waals surface area contributed by atoms with Gasteiger partial charge in [0.05, 0.1) is 11.8 Å². The molecule has 4 nitrogen and oxygen atoms in total. The van der Waals surface area contributed by atoms with Gasteiger partial charge in [-0.05, 0) is 36.6 Å². The molecule has 0 aliphatic heterocycles. The van der Waals surface area contributed by atoms with Gasteiger partial charge in [0.25, 0.3) is 0 Å². The summed E-state index contributed by atoms with van der Waals surface area (Å²) in [5.41, 5.74) is 2.63. The van der Waals surface area contributed by atoms with Crippen LogP contribution in [0.15, 0.2) is 32.9 Å². The van der Waals surface area contributed by atoms with E-state index in [1.54, 1.807) is 11.8 Å². The second kappa shape index (κ2) is 7.48. The minimum Gasteiger partial charge on any atom is -0.349 e. The van der Waals surface area contributed by atoms with Crippen LogP contribution in [0, 0.1) is 0 Å². The molecule has 1 atom stereocenters. The van der Waals surface area contributed by atoms with Crippen LogP contribution in [0.25, 0.3) is 0 Å². The van der Waals surface area contributed by atoms with E-state index in [0.29, 0.717) is 5.75 Å². The molecule has 0 saturated heterocycles. The van der Waals surface area contributed by atoms with Crippen molar-refractivity contribution in [3.8, 4) is 0 Å². The first-order valence-electron chi connectivity index (χ1n) is 7.13. The van der Waals surface area contributed by atoms with Gasteiger partial charge in [-0.25, -0.2) is 0 Å². The topological polar surface area (TPSA) is 54.9 Å². The third-order valence-corrected chi connectivity index (χ3v) is 6.63. The van der Waals surface area contributed by atoms with Crippen LogP contribution < -0.4 is 5.32 Å². The molecule has 0 bridgehead atoms. The number of fused-ring (bicyclic) bond motifs is 1. The molecule has 0 fully saturated rings. The van der Waals surface area contributed by atoms with Gasteiger partial charge in [-0.1, -0.05) is 59.1 Å². The zero-order valence-electron chi connectivity index (χ0n) is 12.2. The van der Waals surface area contributed by atoms with E-state index in [9.17, 15) is 4.79 Å². The van der Waals surface area contributed by atoms with Gasteiger partial charge >= 0.3 is 0 Å². The van der Waals surface area contributed by atoms with Gasteiger partial charge in [0.15, 0.2) is 8.68 Å². The minimum atomic E-state index is 0.0626. The van der Waals surface area contributed by atoms with Gasteiger partial charge in [0, 0.05) is 0 Å². The number of nitrogens with one attached hydrogen (secondary N) is 1. The van der Waals surface area contributed by atoms with Crippen molar-refractivity contribution in [3.63, 3.8) is 0 Å². The highest BCUT2D eigenvalue weighted by Crippen LogP contribution is 2.30. The van der Waals surface area contributed by atoms with Gasteiger partial charge in [-0.15, -0.1) is 10.2 Å². The fourth-order valence-electron chi connectivity index (χ4n) is 2.61. The van der Waals surface area contributed by atoms with Crippen LogP contribution in [0.4, 0.5) is 0 Å². The molecule has 1 aliphatic carbocycles. The van der Waals surface area contributed by atoms with E-state index in [1.807, 2.05) is 12.3 Å². The first-order valence-corrected chi connectivity index (χ1v) is 10.2. The Hall–Kier alpha value is -1.05. The van der Waals surface area contributed by atoms with Gasteiger partial charge < -0.3 is 5.32 Å². The Balaban J connectivity index is 1.56. The Morgan fingerprint density at radius 3 is 3.00 bits per heavy atom. The monoisotopic (exact) mass is 351 g/mol. The zero-order chi connectivity index (χ0) is 15.4. The molecule has 0 saturated carbocycles. The molecule has 1 aromatic heterocycles. The van der Waals surface area contributed by atoms with E-state index in [-0.39, 0.29) is 11.9 Å². The molecule has 0 spiro atoms.